The van der Waals surface area contributed by atoms with Crippen LogP contribution in [0.1, 0.15) is 26.2 Å². The van der Waals surface area contributed by atoms with E-state index in [1.165, 1.54) is 14.0 Å². The van der Waals surface area contributed by atoms with E-state index in [1.807, 2.05) is 11.9 Å². The number of carbonyl (C=O) groups excluding carboxylic acids is 2. The zero-order valence-corrected chi connectivity index (χ0v) is 11.4. The molecule has 18 heavy (non-hydrogen) atoms. The lowest BCUT2D eigenvalue weighted by atomic mass is 10.2. The molecule has 0 bridgehead atoms. The van der Waals surface area contributed by atoms with E-state index in [4.69, 9.17) is 5.11 Å². The second kappa shape index (κ2) is 9.85. The molecule has 0 aromatic rings. The lowest BCUT2D eigenvalue weighted by Gasteiger charge is -2.22. The molecule has 1 amide bonds. The summed E-state index contributed by atoms with van der Waals surface area (Å²) in [5.41, 5.74) is 0. The summed E-state index contributed by atoms with van der Waals surface area (Å²) < 4.78 is 4.64. The molecule has 6 heteroatoms. The molecule has 0 rings (SSSR count). The van der Waals surface area contributed by atoms with Crippen LogP contribution < -0.4 is 5.32 Å². The van der Waals surface area contributed by atoms with E-state index >= 15 is 0 Å². The first kappa shape index (κ1) is 16.9. The quantitative estimate of drug-likeness (QED) is 0.442. The second-order valence-corrected chi connectivity index (χ2v) is 4.32. The predicted octanol–water partition coefficient (Wildman–Crippen LogP) is -0.241. The van der Waals surface area contributed by atoms with E-state index in [1.54, 1.807) is 0 Å². The van der Waals surface area contributed by atoms with E-state index in [2.05, 4.69) is 10.1 Å². The summed E-state index contributed by atoms with van der Waals surface area (Å²) in [6.45, 7) is 2.82. The van der Waals surface area contributed by atoms with Gasteiger partial charge >= 0.3 is 5.97 Å². The number of aliphatic hydroxyl groups is 1. The van der Waals surface area contributed by atoms with Gasteiger partial charge in [0.2, 0.25) is 5.91 Å². The number of rotatable bonds is 9. The Morgan fingerprint density at radius 2 is 2.00 bits per heavy atom. The fraction of sp³-hybridized carbons (Fsp3) is 0.833. The highest BCUT2D eigenvalue weighted by Crippen LogP contribution is 1.99. The van der Waals surface area contributed by atoms with Crippen LogP contribution in [0.3, 0.4) is 0 Å². The van der Waals surface area contributed by atoms with Gasteiger partial charge in [0.1, 0.15) is 6.04 Å². The maximum atomic E-state index is 11.5. The number of nitrogens with zero attached hydrogens (tertiary/aromatic N) is 1. The molecule has 0 fully saturated rings. The first-order valence-electron chi connectivity index (χ1n) is 6.15. The largest absolute Gasteiger partial charge is 0.467 e. The van der Waals surface area contributed by atoms with Crippen LogP contribution >= 0.6 is 0 Å². The molecular formula is C12H24N2O4. The van der Waals surface area contributed by atoms with E-state index in [0.717, 1.165) is 25.8 Å². The SMILES string of the molecule is COC(=O)C(CN(C)CCCCCO)NC(C)=O. The lowest BCUT2D eigenvalue weighted by molar-refractivity contribution is -0.145. The van der Waals surface area contributed by atoms with Crippen LogP contribution in [0, 0.1) is 0 Å². The first-order valence-corrected chi connectivity index (χ1v) is 6.15. The summed E-state index contributed by atoms with van der Waals surface area (Å²) in [5, 5.41) is 11.2. The average Bonchev–Trinajstić information content (AvgIpc) is 2.32. The number of methoxy groups -OCH3 is 1. The van der Waals surface area contributed by atoms with Crippen LogP contribution in [-0.2, 0) is 14.3 Å². The lowest BCUT2D eigenvalue weighted by Crippen LogP contribution is -2.47. The second-order valence-electron chi connectivity index (χ2n) is 4.32. The zero-order chi connectivity index (χ0) is 14.0. The Labute approximate surface area is 108 Å². The minimum atomic E-state index is -0.629. The number of hydrogen-bond acceptors (Lipinski definition) is 5. The highest BCUT2D eigenvalue weighted by Gasteiger charge is 2.21. The summed E-state index contributed by atoms with van der Waals surface area (Å²) in [4.78, 5) is 24.4. The number of carbonyl (C=O) groups is 2. The van der Waals surface area contributed by atoms with Crippen LogP contribution in [0.5, 0.6) is 0 Å². The molecule has 0 spiro atoms. The molecule has 0 aliphatic heterocycles. The molecule has 0 saturated carbocycles. The maximum Gasteiger partial charge on any atom is 0.329 e. The normalized spacial score (nSPS) is 12.3. The van der Waals surface area contributed by atoms with Crippen molar-refractivity contribution >= 4 is 11.9 Å². The zero-order valence-electron chi connectivity index (χ0n) is 11.4. The highest BCUT2D eigenvalue weighted by molar-refractivity contribution is 5.83. The molecule has 0 saturated heterocycles. The number of likely N-dealkylation sites (N-methyl/N-ethyl adjacent to an activating group) is 1. The van der Waals surface area contributed by atoms with Gasteiger partial charge in [-0.1, -0.05) is 0 Å². The van der Waals surface area contributed by atoms with Crippen molar-refractivity contribution in [3.8, 4) is 0 Å². The van der Waals surface area contributed by atoms with Crippen molar-refractivity contribution in [1.82, 2.24) is 10.2 Å². The van der Waals surface area contributed by atoms with E-state index < -0.39 is 12.0 Å². The Bertz CT molecular complexity index is 258. The molecule has 0 aromatic carbocycles. The molecule has 1 atom stereocenters. The van der Waals surface area contributed by atoms with E-state index in [-0.39, 0.29) is 12.5 Å². The van der Waals surface area contributed by atoms with Gasteiger partial charge in [0.05, 0.1) is 7.11 Å². The first-order chi connectivity index (χ1) is 8.51. The van der Waals surface area contributed by atoms with Crippen molar-refractivity contribution in [2.45, 2.75) is 32.2 Å². The number of unbranched alkanes of at least 4 members (excludes halogenated alkanes) is 2. The molecule has 0 radical (unpaired) electrons. The molecule has 1 unspecified atom stereocenters. The number of ether oxygens (including phenoxy) is 1. The molecule has 106 valence electrons. The average molecular weight is 260 g/mol. The summed E-state index contributed by atoms with van der Waals surface area (Å²) in [7, 11) is 3.19. The van der Waals surface area contributed by atoms with Crippen LogP contribution in [0.15, 0.2) is 0 Å². The van der Waals surface area contributed by atoms with Crippen molar-refractivity contribution in [3.05, 3.63) is 0 Å². The fourth-order valence-corrected chi connectivity index (χ4v) is 1.64. The Morgan fingerprint density at radius 1 is 1.33 bits per heavy atom. The van der Waals surface area contributed by atoms with Gasteiger partial charge in [-0.3, -0.25) is 4.79 Å². The Hall–Kier alpha value is -1.14. The predicted molar refractivity (Wildman–Crippen MR) is 68.1 cm³/mol. The topological polar surface area (TPSA) is 78.9 Å². The van der Waals surface area contributed by atoms with Crippen molar-refractivity contribution in [2.75, 3.05) is 33.9 Å². The van der Waals surface area contributed by atoms with Gasteiger partial charge in [0, 0.05) is 20.1 Å². The molecule has 0 aromatic heterocycles. The van der Waals surface area contributed by atoms with E-state index in [0.29, 0.717) is 6.54 Å². The number of nitrogens with one attached hydrogen (secondary N) is 1. The van der Waals surface area contributed by atoms with Crippen molar-refractivity contribution in [1.29, 1.82) is 0 Å². The van der Waals surface area contributed by atoms with Gasteiger partial charge in [-0.2, -0.15) is 0 Å². The maximum absolute atomic E-state index is 11.5. The summed E-state index contributed by atoms with van der Waals surface area (Å²) in [5.74, 6) is -0.688. The van der Waals surface area contributed by atoms with Gasteiger partial charge in [-0.25, -0.2) is 4.79 Å². The molecule has 0 aliphatic rings. The van der Waals surface area contributed by atoms with Crippen LogP contribution in [0.2, 0.25) is 0 Å². The number of esters is 1. The number of hydrogen-bond donors (Lipinski definition) is 2. The molecule has 2 N–H and O–H groups in total. The summed E-state index contributed by atoms with van der Waals surface area (Å²) >= 11 is 0. The van der Waals surface area contributed by atoms with Gasteiger partial charge in [-0.15, -0.1) is 0 Å². The van der Waals surface area contributed by atoms with Crippen molar-refractivity contribution < 1.29 is 19.4 Å². The Kier molecular flexibility index (Phi) is 9.22. The fourth-order valence-electron chi connectivity index (χ4n) is 1.64. The highest BCUT2D eigenvalue weighted by atomic mass is 16.5. The third kappa shape index (κ3) is 8.03. The number of amides is 1. The van der Waals surface area contributed by atoms with Crippen LogP contribution in [0.4, 0.5) is 0 Å². The molecule has 0 heterocycles. The summed E-state index contributed by atoms with van der Waals surface area (Å²) in [6.07, 6.45) is 2.69. The third-order valence-electron chi connectivity index (χ3n) is 2.56. The molecule has 0 aliphatic carbocycles. The molecule has 6 nitrogen and oxygen atoms in total. The minimum absolute atomic E-state index is 0.209. The van der Waals surface area contributed by atoms with E-state index in [9.17, 15) is 9.59 Å². The van der Waals surface area contributed by atoms with Gasteiger partial charge in [0.15, 0.2) is 0 Å². The summed E-state index contributed by atoms with van der Waals surface area (Å²) in [6, 6.07) is -0.629. The van der Waals surface area contributed by atoms with Crippen molar-refractivity contribution in [3.63, 3.8) is 0 Å². The van der Waals surface area contributed by atoms with Crippen LogP contribution in [0.25, 0.3) is 0 Å². The number of aliphatic hydroxyl groups excluding tert-OH is 1. The standard InChI is InChI=1S/C12H24N2O4/c1-10(16)13-11(12(17)18-3)9-14(2)7-5-4-6-8-15/h11,15H,4-9H2,1-3H3,(H,13,16). The minimum Gasteiger partial charge on any atom is -0.467 e. The Balaban J connectivity index is 4.05. The Morgan fingerprint density at radius 3 is 2.50 bits per heavy atom. The van der Waals surface area contributed by atoms with Gasteiger partial charge < -0.3 is 20.1 Å². The van der Waals surface area contributed by atoms with Crippen molar-refractivity contribution in [2.24, 2.45) is 0 Å². The molecular weight excluding hydrogens is 236 g/mol. The van der Waals surface area contributed by atoms with Gasteiger partial charge in [0.25, 0.3) is 0 Å². The monoisotopic (exact) mass is 260 g/mol. The van der Waals surface area contributed by atoms with Gasteiger partial charge in [-0.05, 0) is 32.9 Å². The third-order valence-corrected chi connectivity index (χ3v) is 2.56. The van der Waals surface area contributed by atoms with Crippen LogP contribution in [-0.4, -0.2) is 61.8 Å². The smallest absolute Gasteiger partial charge is 0.329 e.